The number of fused-ring (bicyclic) bond motifs is 1. The maximum absolute atomic E-state index is 12.9. The normalized spacial score (nSPS) is 14.7. The standard InChI is InChI=1S/C20H24N2O5S/c1-14(27-17-7-5-6-16(13-17)26-4)20(23)22-11-10-15-12-18(8-9-19(15)22)28(24,25)21(2)3/h5-9,12-14H,10-11H2,1-4H3/t14-/m1/s1. The molecule has 0 saturated carbocycles. The fraction of sp³-hybridized carbons (Fsp3) is 0.350. The van der Waals surface area contributed by atoms with E-state index in [0.29, 0.717) is 24.5 Å². The number of nitrogens with zero attached hydrogens (tertiary/aromatic N) is 2. The Hall–Kier alpha value is -2.58. The average molecular weight is 404 g/mol. The van der Waals surface area contributed by atoms with Crippen molar-refractivity contribution >= 4 is 21.6 Å². The fourth-order valence-corrected chi connectivity index (χ4v) is 4.08. The summed E-state index contributed by atoms with van der Waals surface area (Å²) in [5.41, 5.74) is 1.56. The summed E-state index contributed by atoms with van der Waals surface area (Å²) < 4.78 is 36.8. The van der Waals surface area contributed by atoms with E-state index in [2.05, 4.69) is 0 Å². The molecule has 1 atom stereocenters. The Morgan fingerprint density at radius 1 is 1.14 bits per heavy atom. The van der Waals surface area contributed by atoms with Gasteiger partial charge in [-0.05, 0) is 49.2 Å². The maximum atomic E-state index is 12.9. The number of hydrogen-bond donors (Lipinski definition) is 0. The Balaban J connectivity index is 1.78. The van der Waals surface area contributed by atoms with Crippen LogP contribution < -0.4 is 14.4 Å². The second-order valence-electron chi connectivity index (χ2n) is 6.76. The number of hydrogen-bond acceptors (Lipinski definition) is 5. The minimum Gasteiger partial charge on any atom is -0.497 e. The minimum absolute atomic E-state index is 0.176. The third-order valence-corrected chi connectivity index (χ3v) is 6.50. The highest BCUT2D eigenvalue weighted by Crippen LogP contribution is 2.32. The van der Waals surface area contributed by atoms with Crippen molar-refractivity contribution in [3.63, 3.8) is 0 Å². The Labute approximate surface area is 165 Å². The lowest BCUT2D eigenvalue weighted by molar-refractivity contribution is -0.124. The second-order valence-corrected chi connectivity index (χ2v) is 8.91. The quantitative estimate of drug-likeness (QED) is 0.738. The van der Waals surface area contributed by atoms with Crippen LogP contribution in [-0.4, -0.2) is 52.5 Å². The number of ether oxygens (including phenoxy) is 2. The lowest BCUT2D eigenvalue weighted by atomic mass is 10.2. The van der Waals surface area contributed by atoms with Gasteiger partial charge in [-0.25, -0.2) is 12.7 Å². The van der Waals surface area contributed by atoms with Crippen molar-refractivity contribution < 1.29 is 22.7 Å². The van der Waals surface area contributed by atoms with Crippen LogP contribution in [0.15, 0.2) is 47.4 Å². The summed E-state index contributed by atoms with van der Waals surface area (Å²) in [6.45, 7) is 2.19. The molecule has 8 heteroatoms. The van der Waals surface area contributed by atoms with Crippen LogP contribution in [0.2, 0.25) is 0 Å². The summed E-state index contributed by atoms with van der Waals surface area (Å²) in [4.78, 5) is 14.8. The number of methoxy groups -OCH3 is 1. The first-order valence-electron chi connectivity index (χ1n) is 8.91. The van der Waals surface area contributed by atoms with Crippen LogP contribution >= 0.6 is 0 Å². The predicted octanol–water partition coefficient (Wildman–Crippen LogP) is 2.30. The molecule has 2 aromatic rings. The average Bonchev–Trinajstić information content (AvgIpc) is 3.10. The molecule has 28 heavy (non-hydrogen) atoms. The topological polar surface area (TPSA) is 76.1 Å². The van der Waals surface area contributed by atoms with E-state index in [4.69, 9.17) is 9.47 Å². The van der Waals surface area contributed by atoms with E-state index in [1.165, 1.54) is 24.5 Å². The minimum atomic E-state index is -3.51. The zero-order chi connectivity index (χ0) is 20.5. The summed E-state index contributed by atoms with van der Waals surface area (Å²) in [7, 11) is 1.05. The van der Waals surface area contributed by atoms with Gasteiger partial charge in [0.1, 0.15) is 11.5 Å². The molecular formula is C20H24N2O5S. The van der Waals surface area contributed by atoms with Gasteiger partial charge in [-0.2, -0.15) is 0 Å². The SMILES string of the molecule is COc1cccc(O[C@H](C)C(=O)N2CCc3cc(S(=O)(=O)N(C)C)ccc32)c1. The molecule has 1 heterocycles. The highest BCUT2D eigenvalue weighted by Gasteiger charge is 2.30. The van der Waals surface area contributed by atoms with E-state index in [9.17, 15) is 13.2 Å². The first-order valence-corrected chi connectivity index (χ1v) is 10.4. The summed E-state index contributed by atoms with van der Waals surface area (Å²) >= 11 is 0. The summed E-state index contributed by atoms with van der Waals surface area (Å²) in [5, 5.41) is 0. The molecule has 0 unspecified atom stereocenters. The van der Waals surface area contributed by atoms with E-state index in [1.54, 1.807) is 55.3 Å². The van der Waals surface area contributed by atoms with Gasteiger partial charge >= 0.3 is 0 Å². The van der Waals surface area contributed by atoms with Gasteiger partial charge in [-0.3, -0.25) is 4.79 Å². The molecule has 0 saturated heterocycles. The van der Waals surface area contributed by atoms with Gasteiger partial charge in [0.05, 0.1) is 12.0 Å². The number of carbonyl (C=O) groups is 1. The molecule has 150 valence electrons. The van der Waals surface area contributed by atoms with Crippen molar-refractivity contribution in [3.8, 4) is 11.5 Å². The number of benzene rings is 2. The van der Waals surface area contributed by atoms with Crippen molar-refractivity contribution in [3.05, 3.63) is 48.0 Å². The van der Waals surface area contributed by atoms with Crippen LogP contribution in [-0.2, 0) is 21.2 Å². The molecule has 0 fully saturated rings. The first-order chi connectivity index (χ1) is 13.2. The molecule has 2 aromatic carbocycles. The van der Waals surface area contributed by atoms with Gasteiger partial charge in [0.25, 0.3) is 5.91 Å². The van der Waals surface area contributed by atoms with E-state index in [0.717, 1.165) is 11.3 Å². The fourth-order valence-electron chi connectivity index (χ4n) is 3.13. The molecule has 0 aromatic heterocycles. The second kappa shape index (κ2) is 7.81. The molecule has 1 amide bonds. The zero-order valence-electron chi connectivity index (χ0n) is 16.4. The molecule has 0 bridgehead atoms. The predicted molar refractivity (Wildman–Crippen MR) is 106 cm³/mol. The van der Waals surface area contributed by atoms with Crippen LogP contribution in [0.1, 0.15) is 12.5 Å². The molecule has 3 rings (SSSR count). The van der Waals surface area contributed by atoms with Gasteiger partial charge < -0.3 is 14.4 Å². The molecule has 0 N–H and O–H groups in total. The van der Waals surface area contributed by atoms with Crippen LogP contribution in [0.3, 0.4) is 0 Å². The third-order valence-electron chi connectivity index (χ3n) is 4.69. The zero-order valence-corrected chi connectivity index (χ0v) is 17.2. The van der Waals surface area contributed by atoms with Crippen molar-refractivity contribution in [2.45, 2.75) is 24.3 Å². The van der Waals surface area contributed by atoms with Crippen molar-refractivity contribution in [1.29, 1.82) is 0 Å². The van der Waals surface area contributed by atoms with E-state index in [1.807, 2.05) is 0 Å². The number of sulfonamides is 1. The highest BCUT2D eigenvalue weighted by molar-refractivity contribution is 7.89. The Morgan fingerprint density at radius 2 is 1.86 bits per heavy atom. The van der Waals surface area contributed by atoms with Crippen molar-refractivity contribution in [1.82, 2.24) is 4.31 Å². The van der Waals surface area contributed by atoms with E-state index >= 15 is 0 Å². The van der Waals surface area contributed by atoms with Crippen LogP contribution in [0, 0.1) is 0 Å². The third kappa shape index (κ3) is 3.83. The number of carbonyl (C=O) groups excluding carboxylic acids is 1. The van der Waals surface area contributed by atoms with Crippen LogP contribution in [0.5, 0.6) is 11.5 Å². The Bertz CT molecular complexity index is 988. The number of amides is 1. The molecular weight excluding hydrogens is 380 g/mol. The van der Waals surface area contributed by atoms with Gasteiger partial charge in [-0.1, -0.05) is 6.07 Å². The van der Waals surface area contributed by atoms with E-state index < -0.39 is 16.1 Å². The lowest BCUT2D eigenvalue weighted by Crippen LogP contribution is -2.39. The largest absolute Gasteiger partial charge is 0.497 e. The molecule has 1 aliphatic heterocycles. The van der Waals surface area contributed by atoms with Gasteiger partial charge in [-0.15, -0.1) is 0 Å². The monoisotopic (exact) mass is 404 g/mol. The van der Waals surface area contributed by atoms with Crippen LogP contribution in [0.25, 0.3) is 0 Å². The van der Waals surface area contributed by atoms with Crippen molar-refractivity contribution in [2.75, 3.05) is 32.6 Å². The van der Waals surface area contributed by atoms with Gasteiger partial charge in [0, 0.05) is 32.4 Å². The summed E-state index contributed by atoms with van der Waals surface area (Å²) in [6, 6.07) is 12.0. The number of rotatable bonds is 6. The van der Waals surface area contributed by atoms with Gasteiger partial charge in [0.2, 0.25) is 10.0 Å². The Kier molecular flexibility index (Phi) is 5.62. The maximum Gasteiger partial charge on any atom is 0.267 e. The summed E-state index contributed by atoms with van der Waals surface area (Å²) in [6.07, 6.45) is -0.0905. The van der Waals surface area contributed by atoms with Crippen LogP contribution in [0.4, 0.5) is 5.69 Å². The van der Waals surface area contributed by atoms with E-state index in [-0.39, 0.29) is 10.8 Å². The Morgan fingerprint density at radius 3 is 2.54 bits per heavy atom. The molecule has 0 spiro atoms. The number of anilines is 1. The van der Waals surface area contributed by atoms with Crippen molar-refractivity contribution in [2.24, 2.45) is 0 Å². The molecule has 0 radical (unpaired) electrons. The molecule has 1 aliphatic rings. The summed E-state index contributed by atoms with van der Waals surface area (Å²) in [5.74, 6) is 1.02. The molecule has 7 nitrogen and oxygen atoms in total. The smallest absolute Gasteiger partial charge is 0.267 e. The highest BCUT2D eigenvalue weighted by atomic mass is 32.2. The van der Waals surface area contributed by atoms with Gasteiger partial charge in [0.15, 0.2) is 6.10 Å². The molecule has 0 aliphatic carbocycles. The lowest BCUT2D eigenvalue weighted by Gasteiger charge is -2.23. The first kappa shape index (κ1) is 20.2.